The Morgan fingerprint density at radius 2 is 2.33 bits per heavy atom. The van der Waals surface area contributed by atoms with Gasteiger partial charge in [0, 0.05) is 20.3 Å². The summed E-state index contributed by atoms with van der Waals surface area (Å²) in [6.45, 7) is 2.44. The number of nitrogens with one attached hydrogen (secondary N) is 1. The van der Waals surface area contributed by atoms with Gasteiger partial charge in [-0.15, -0.1) is 5.10 Å². The second kappa shape index (κ2) is 8.43. The lowest BCUT2D eigenvalue weighted by Gasteiger charge is -2.05. The number of carbonyl (C=O) groups excluding carboxylic acids is 1. The van der Waals surface area contributed by atoms with Gasteiger partial charge in [-0.3, -0.25) is 4.79 Å². The third-order valence-corrected chi connectivity index (χ3v) is 2.08. The molecule has 1 heterocycles. The standard InChI is InChI=1S/C10H19N5O3/c1-17-5-6-18-4-2-3-12-9(16)7-15-8-13-10(11)14-15/h8H,2-7H2,1H3,(H2,11,14)(H,12,16). The Balaban J connectivity index is 2.00. The summed E-state index contributed by atoms with van der Waals surface area (Å²) in [6.07, 6.45) is 2.18. The minimum atomic E-state index is -0.128. The lowest BCUT2D eigenvalue weighted by molar-refractivity contribution is -0.121. The Kier molecular flexibility index (Phi) is 6.74. The quantitative estimate of drug-likeness (QED) is 0.551. The summed E-state index contributed by atoms with van der Waals surface area (Å²) >= 11 is 0. The van der Waals surface area contributed by atoms with Gasteiger partial charge in [0.05, 0.1) is 13.2 Å². The van der Waals surface area contributed by atoms with Crippen molar-refractivity contribution >= 4 is 11.9 Å². The maximum atomic E-state index is 11.5. The molecule has 8 heteroatoms. The third-order valence-electron chi connectivity index (χ3n) is 2.08. The summed E-state index contributed by atoms with van der Waals surface area (Å²) in [5, 5.41) is 6.56. The molecule has 0 spiro atoms. The van der Waals surface area contributed by atoms with Gasteiger partial charge in [-0.1, -0.05) is 0 Å². The van der Waals surface area contributed by atoms with Crippen LogP contribution in [-0.4, -0.2) is 54.1 Å². The summed E-state index contributed by atoms with van der Waals surface area (Å²) in [6, 6.07) is 0. The molecule has 8 nitrogen and oxygen atoms in total. The lowest BCUT2D eigenvalue weighted by atomic mass is 10.4. The summed E-state index contributed by atoms with van der Waals surface area (Å²) in [5.41, 5.74) is 5.33. The predicted octanol–water partition coefficient (Wildman–Crippen LogP) is -0.970. The van der Waals surface area contributed by atoms with Crippen molar-refractivity contribution in [3.8, 4) is 0 Å². The Hall–Kier alpha value is -1.67. The molecule has 0 unspecified atom stereocenters. The average molecular weight is 257 g/mol. The highest BCUT2D eigenvalue weighted by Gasteiger charge is 2.03. The minimum absolute atomic E-state index is 0.120. The molecule has 0 aliphatic carbocycles. The van der Waals surface area contributed by atoms with Crippen LogP contribution in [0.1, 0.15) is 6.42 Å². The molecular formula is C10H19N5O3. The molecule has 0 aliphatic rings. The zero-order valence-corrected chi connectivity index (χ0v) is 10.5. The van der Waals surface area contributed by atoms with Crippen LogP contribution in [0.25, 0.3) is 0 Å². The van der Waals surface area contributed by atoms with E-state index in [0.717, 1.165) is 6.42 Å². The van der Waals surface area contributed by atoms with Crippen LogP contribution < -0.4 is 11.1 Å². The number of carbonyl (C=O) groups is 1. The van der Waals surface area contributed by atoms with Crippen molar-refractivity contribution < 1.29 is 14.3 Å². The van der Waals surface area contributed by atoms with Crippen molar-refractivity contribution in [3.05, 3.63) is 6.33 Å². The number of hydrogen-bond donors (Lipinski definition) is 2. The van der Waals surface area contributed by atoms with Gasteiger partial charge < -0.3 is 20.5 Å². The highest BCUT2D eigenvalue weighted by atomic mass is 16.5. The predicted molar refractivity (Wildman–Crippen MR) is 64.8 cm³/mol. The number of anilines is 1. The molecule has 1 rings (SSSR count). The van der Waals surface area contributed by atoms with Crippen LogP contribution in [0.15, 0.2) is 6.33 Å². The molecule has 0 aliphatic heterocycles. The Labute approximate surface area is 105 Å². The number of amides is 1. The number of rotatable bonds is 9. The fourth-order valence-electron chi connectivity index (χ4n) is 1.23. The van der Waals surface area contributed by atoms with Crippen LogP contribution in [-0.2, 0) is 20.8 Å². The van der Waals surface area contributed by atoms with E-state index in [-0.39, 0.29) is 18.4 Å². The molecule has 0 radical (unpaired) electrons. The van der Waals surface area contributed by atoms with Crippen molar-refractivity contribution in [1.82, 2.24) is 20.1 Å². The molecule has 0 saturated carbocycles. The van der Waals surface area contributed by atoms with Gasteiger partial charge in [-0.05, 0) is 6.42 Å². The number of nitrogens with two attached hydrogens (primary N) is 1. The van der Waals surface area contributed by atoms with Crippen LogP contribution in [0, 0.1) is 0 Å². The van der Waals surface area contributed by atoms with E-state index in [2.05, 4.69) is 15.4 Å². The van der Waals surface area contributed by atoms with Crippen LogP contribution in [0.2, 0.25) is 0 Å². The molecule has 0 bridgehead atoms. The molecular weight excluding hydrogens is 238 g/mol. The first kappa shape index (κ1) is 14.4. The molecule has 18 heavy (non-hydrogen) atoms. The highest BCUT2D eigenvalue weighted by Crippen LogP contribution is 1.89. The lowest BCUT2D eigenvalue weighted by Crippen LogP contribution is -2.29. The largest absolute Gasteiger partial charge is 0.382 e. The molecule has 0 saturated heterocycles. The molecule has 1 amide bonds. The fourth-order valence-corrected chi connectivity index (χ4v) is 1.23. The number of methoxy groups -OCH3 is 1. The van der Waals surface area contributed by atoms with E-state index < -0.39 is 0 Å². The Bertz CT molecular complexity index is 355. The number of nitrogens with zero attached hydrogens (tertiary/aromatic N) is 3. The highest BCUT2D eigenvalue weighted by molar-refractivity contribution is 5.75. The zero-order valence-electron chi connectivity index (χ0n) is 10.5. The van der Waals surface area contributed by atoms with Gasteiger partial charge in [0.1, 0.15) is 12.9 Å². The first-order valence-corrected chi connectivity index (χ1v) is 5.70. The monoisotopic (exact) mass is 257 g/mol. The van der Waals surface area contributed by atoms with E-state index in [1.165, 1.54) is 11.0 Å². The summed E-state index contributed by atoms with van der Waals surface area (Å²) in [4.78, 5) is 15.2. The van der Waals surface area contributed by atoms with E-state index in [1.54, 1.807) is 7.11 Å². The Morgan fingerprint density at radius 1 is 1.50 bits per heavy atom. The Morgan fingerprint density at radius 3 is 3.00 bits per heavy atom. The van der Waals surface area contributed by atoms with Gasteiger partial charge in [-0.2, -0.15) is 0 Å². The maximum absolute atomic E-state index is 11.5. The van der Waals surface area contributed by atoms with Crippen LogP contribution in [0.4, 0.5) is 5.95 Å². The van der Waals surface area contributed by atoms with Crippen molar-refractivity contribution in [2.24, 2.45) is 0 Å². The number of aromatic nitrogens is 3. The summed E-state index contributed by atoms with van der Waals surface area (Å²) < 4.78 is 11.5. The minimum Gasteiger partial charge on any atom is -0.382 e. The first-order chi connectivity index (χ1) is 8.72. The molecule has 1 aromatic heterocycles. The number of nitrogen functional groups attached to an aromatic ring is 1. The second-order valence-corrected chi connectivity index (χ2v) is 3.61. The molecule has 0 atom stereocenters. The van der Waals surface area contributed by atoms with Gasteiger partial charge in [0.15, 0.2) is 0 Å². The molecule has 3 N–H and O–H groups in total. The van der Waals surface area contributed by atoms with E-state index in [4.69, 9.17) is 15.2 Å². The SMILES string of the molecule is COCCOCCCNC(=O)Cn1cnc(N)n1. The average Bonchev–Trinajstić information content (AvgIpc) is 2.73. The van der Waals surface area contributed by atoms with E-state index >= 15 is 0 Å². The third kappa shape index (κ3) is 6.16. The zero-order chi connectivity index (χ0) is 13.2. The molecule has 1 aromatic rings. The van der Waals surface area contributed by atoms with E-state index in [9.17, 15) is 4.79 Å². The summed E-state index contributed by atoms with van der Waals surface area (Å²) in [7, 11) is 1.63. The summed E-state index contributed by atoms with van der Waals surface area (Å²) in [5.74, 6) is 0.0335. The first-order valence-electron chi connectivity index (χ1n) is 5.70. The molecule has 102 valence electrons. The van der Waals surface area contributed by atoms with Gasteiger partial charge >= 0.3 is 0 Å². The normalized spacial score (nSPS) is 10.5. The van der Waals surface area contributed by atoms with Crippen molar-refractivity contribution in [2.45, 2.75) is 13.0 Å². The van der Waals surface area contributed by atoms with Gasteiger partial charge in [0.25, 0.3) is 0 Å². The molecule has 0 aromatic carbocycles. The smallest absolute Gasteiger partial charge is 0.241 e. The van der Waals surface area contributed by atoms with Crippen molar-refractivity contribution in [1.29, 1.82) is 0 Å². The van der Waals surface area contributed by atoms with E-state index in [0.29, 0.717) is 26.4 Å². The number of ether oxygens (including phenoxy) is 2. The number of hydrogen-bond acceptors (Lipinski definition) is 6. The van der Waals surface area contributed by atoms with Crippen LogP contribution in [0.3, 0.4) is 0 Å². The molecule has 0 fully saturated rings. The van der Waals surface area contributed by atoms with Crippen molar-refractivity contribution in [3.63, 3.8) is 0 Å². The van der Waals surface area contributed by atoms with Crippen LogP contribution in [0.5, 0.6) is 0 Å². The topological polar surface area (TPSA) is 104 Å². The van der Waals surface area contributed by atoms with E-state index in [1.807, 2.05) is 0 Å². The van der Waals surface area contributed by atoms with Gasteiger partial charge in [-0.25, -0.2) is 9.67 Å². The van der Waals surface area contributed by atoms with Gasteiger partial charge in [0.2, 0.25) is 11.9 Å². The van der Waals surface area contributed by atoms with Crippen LogP contribution >= 0.6 is 0 Å². The maximum Gasteiger partial charge on any atom is 0.241 e. The van der Waals surface area contributed by atoms with Crippen molar-refractivity contribution in [2.75, 3.05) is 39.2 Å². The second-order valence-electron chi connectivity index (χ2n) is 3.61. The fraction of sp³-hybridized carbons (Fsp3) is 0.700.